The van der Waals surface area contributed by atoms with Crippen molar-refractivity contribution in [2.24, 2.45) is 0 Å². The Morgan fingerprint density at radius 3 is 3.05 bits per heavy atom. The van der Waals surface area contributed by atoms with Crippen LogP contribution in [0.2, 0.25) is 0 Å². The molecule has 0 unspecified atom stereocenters. The van der Waals surface area contributed by atoms with Crippen LogP contribution >= 0.6 is 27.3 Å². The highest BCUT2D eigenvalue weighted by Crippen LogP contribution is 2.30. The lowest BCUT2D eigenvalue weighted by Gasteiger charge is -2.08. The fraction of sp³-hybridized carbons (Fsp3) is 0.312. The van der Waals surface area contributed by atoms with Crippen LogP contribution in [0, 0.1) is 6.92 Å². The number of rotatable bonds is 3. The molecule has 1 aromatic carbocycles. The molecule has 0 saturated heterocycles. The smallest absolute Gasteiger partial charge is 0.251 e. The van der Waals surface area contributed by atoms with Gasteiger partial charge in [0.1, 0.15) is 0 Å². The van der Waals surface area contributed by atoms with Gasteiger partial charge < -0.3 is 5.32 Å². The van der Waals surface area contributed by atoms with Gasteiger partial charge in [0.05, 0.1) is 6.54 Å². The number of thiophene rings is 1. The lowest BCUT2D eigenvalue weighted by Crippen LogP contribution is -2.23. The number of carbonyl (C=O) groups is 1. The van der Waals surface area contributed by atoms with Crippen molar-refractivity contribution in [1.29, 1.82) is 0 Å². The Kier molecular flexibility index (Phi) is 3.94. The normalized spacial score (nSPS) is 13.3. The van der Waals surface area contributed by atoms with Crippen LogP contribution in [0.25, 0.3) is 0 Å². The predicted molar refractivity (Wildman–Crippen MR) is 86.4 cm³/mol. The van der Waals surface area contributed by atoms with Crippen LogP contribution in [0.4, 0.5) is 0 Å². The number of nitrogens with one attached hydrogen (secondary N) is 1. The minimum absolute atomic E-state index is 0.00244. The predicted octanol–water partition coefficient (Wildman–Crippen LogP) is 4.24. The molecule has 1 amide bonds. The van der Waals surface area contributed by atoms with Crippen LogP contribution in [-0.4, -0.2) is 5.91 Å². The van der Waals surface area contributed by atoms with Gasteiger partial charge in [-0.2, -0.15) is 0 Å². The second-order valence-electron chi connectivity index (χ2n) is 5.11. The summed E-state index contributed by atoms with van der Waals surface area (Å²) in [6.07, 6.45) is 3.69. The average molecular weight is 350 g/mol. The Labute approximate surface area is 131 Å². The Balaban J connectivity index is 1.68. The van der Waals surface area contributed by atoms with Gasteiger partial charge in [-0.15, -0.1) is 11.3 Å². The fourth-order valence-electron chi connectivity index (χ4n) is 2.59. The van der Waals surface area contributed by atoms with Gasteiger partial charge in [-0.25, -0.2) is 0 Å². The van der Waals surface area contributed by atoms with E-state index in [-0.39, 0.29) is 5.91 Å². The topological polar surface area (TPSA) is 29.1 Å². The molecule has 1 N–H and O–H groups in total. The third-order valence-electron chi connectivity index (χ3n) is 3.73. The minimum Gasteiger partial charge on any atom is -0.347 e. The Morgan fingerprint density at radius 1 is 1.40 bits per heavy atom. The quantitative estimate of drug-likeness (QED) is 0.882. The van der Waals surface area contributed by atoms with E-state index >= 15 is 0 Å². The van der Waals surface area contributed by atoms with Crippen LogP contribution < -0.4 is 5.32 Å². The second-order valence-corrected chi connectivity index (χ2v) is 7.19. The largest absolute Gasteiger partial charge is 0.347 e. The van der Waals surface area contributed by atoms with Crippen molar-refractivity contribution in [3.8, 4) is 0 Å². The van der Waals surface area contributed by atoms with E-state index in [9.17, 15) is 4.79 Å². The van der Waals surface area contributed by atoms with Crippen LogP contribution in [0.15, 0.2) is 28.7 Å². The summed E-state index contributed by atoms with van der Waals surface area (Å²) in [5.74, 6) is -0.00244. The number of aryl methyl sites for hydroxylation is 2. The first-order valence-corrected chi connectivity index (χ1v) is 8.40. The zero-order valence-electron chi connectivity index (χ0n) is 11.3. The number of amides is 1. The molecular formula is C16H16BrNOS. The molecule has 1 aliphatic rings. The zero-order chi connectivity index (χ0) is 14.1. The standard InChI is InChI=1S/C16H16BrNOS/c1-10-13(5-3-6-14(10)17)16(19)18-9-12-8-11-4-2-7-15(11)20-12/h3,5-6,8H,2,4,7,9H2,1H3,(H,18,19). The number of benzene rings is 1. The monoisotopic (exact) mass is 349 g/mol. The molecule has 1 aliphatic carbocycles. The summed E-state index contributed by atoms with van der Waals surface area (Å²) in [6.45, 7) is 2.58. The minimum atomic E-state index is -0.00244. The Hall–Kier alpha value is -1.13. The molecule has 0 fully saturated rings. The Bertz CT molecular complexity index is 641. The van der Waals surface area contributed by atoms with Crippen LogP contribution in [-0.2, 0) is 19.4 Å². The van der Waals surface area contributed by atoms with Crippen LogP contribution in [0.1, 0.15) is 37.7 Å². The molecule has 0 aliphatic heterocycles. The van der Waals surface area contributed by atoms with Crippen molar-refractivity contribution in [1.82, 2.24) is 5.32 Å². The van der Waals surface area contributed by atoms with Crippen molar-refractivity contribution in [2.75, 3.05) is 0 Å². The first-order chi connectivity index (χ1) is 9.65. The van der Waals surface area contributed by atoms with Gasteiger partial charge in [-0.05, 0) is 55.5 Å². The summed E-state index contributed by atoms with van der Waals surface area (Å²) in [4.78, 5) is 15.0. The highest BCUT2D eigenvalue weighted by molar-refractivity contribution is 9.10. The summed E-state index contributed by atoms with van der Waals surface area (Å²) in [6, 6.07) is 7.96. The van der Waals surface area contributed by atoms with Gasteiger partial charge in [-0.3, -0.25) is 4.79 Å². The molecule has 1 aromatic heterocycles. The maximum absolute atomic E-state index is 12.2. The maximum Gasteiger partial charge on any atom is 0.251 e. The van der Waals surface area contributed by atoms with E-state index in [1.54, 1.807) is 0 Å². The molecule has 104 valence electrons. The molecular weight excluding hydrogens is 334 g/mol. The van der Waals surface area contributed by atoms with Crippen LogP contribution in [0.5, 0.6) is 0 Å². The third-order valence-corrected chi connectivity index (χ3v) is 5.83. The van der Waals surface area contributed by atoms with Gasteiger partial charge >= 0.3 is 0 Å². The summed E-state index contributed by atoms with van der Waals surface area (Å²) in [5.41, 5.74) is 3.21. The van der Waals surface area contributed by atoms with E-state index in [4.69, 9.17) is 0 Å². The molecule has 0 atom stereocenters. The highest BCUT2D eigenvalue weighted by Gasteiger charge is 2.16. The molecule has 0 saturated carbocycles. The maximum atomic E-state index is 12.2. The fourth-order valence-corrected chi connectivity index (χ4v) is 4.16. The molecule has 3 rings (SSSR count). The zero-order valence-corrected chi connectivity index (χ0v) is 13.7. The SMILES string of the molecule is Cc1c(Br)cccc1C(=O)NCc1cc2c(s1)CCC2. The van der Waals surface area contributed by atoms with Crippen molar-refractivity contribution >= 4 is 33.2 Å². The van der Waals surface area contributed by atoms with Crippen molar-refractivity contribution in [3.05, 3.63) is 55.2 Å². The molecule has 0 radical (unpaired) electrons. The lowest BCUT2D eigenvalue weighted by molar-refractivity contribution is 0.0950. The highest BCUT2D eigenvalue weighted by atomic mass is 79.9. The molecule has 2 aromatic rings. The average Bonchev–Trinajstić information content (AvgIpc) is 3.00. The number of fused-ring (bicyclic) bond motifs is 1. The van der Waals surface area contributed by atoms with Crippen LogP contribution in [0.3, 0.4) is 0 Å². The third kappa shape index (κ3) is 2.67. The number of hydrogen-bond acceptors (Lipinski definition) is 2. The first kappa shape index (κ1) is 13.8. The van der Waals surface area contributed by atoms with E-state index < -0.39 is 0 Å². The van der Waals surface area contributed by atoms with E-state index in [1.807, 2.05) is 36.5 Å². The number of carbonyl (C=O) groups excluding carboxylic acids is 1. The van der Waals surface area contributed by atoms with E-state index in [1.165, 1.54) is 34.6 Å². The van der Waals surface area contributed by atoms with Gasteiger partial charge in [-0.1, -0.05) is 22.0 Å². The van der Waals surface area contributed by atoms with E-state index in [2.05, 4.69) is 27.3 Å². The van der Waals surface area contributed by atoms with E-state index in [0.717, 1.165) is 15.6 Å². The summed E-state index contributed by atoms with van der Waals surface area (Å²) in [7, 11) is 0. The molecule has 0 spiro atoms. The van der Waals surface area contributed by atoms with Gasteiger partial charge in [0.2, 0.25) is 0 Å². The molecule has 2 nitrogen and oxygen atoms in total. The number of halogens is 1. The number of hydrogen-bond donors (Lipinski definition) is 1. The van der Waals surface area contributed by atoms with Crippen molar-refractivity contribution in [2.45, 2.75) is 32.7 Å². The van der Waals surface area contributed by atoms with Gasteiger partial charge in [0, 0.05) is 19.8 Å². The molecule has 20 heavy (non-hydrogen) atoms. The second kappa shape index (κ2) is 5.70. The molecule has 4 heteroatoms. The molecule has 0 bridgehead atoms. The first-order valence-electron chi connectivity index (χ1n) is 6.79. The summed E-state index contributed by atoms with van der Waals surface area (Å²) < 4.78 is 0.972. The summed E-state index contributed by atoms with van der Waals surface area (Å²) >= 11 is 5.30. The Morgan fingerprint density at radius 2 is 2.25 bits per heavy atom. The van der Waals surface area contributed by atoms with Gasteiger partial charge in [0.15, 0.2) is 0 Å². The van der Waals surface area contributed by atoms with Gasteiger partial charge in [0.25, 0.3) is 5.91 Å². The molecule has 1 heterocycles. The van der Waals surface area contributed by atoms with Crippen molar-refractivity contribution in [3.63, 3.8) is 0 Å². The lowest BCUT2D eigenvalue weighted by atomic mass is 10.1. The summed E-state index contributed by atoms with van der Waals surface area (Å²) in [5, 5.41) is 3.02. The van der Waals surface area contributed by atoms with Crippen molar-refractivity contribution < 1.29 is 4.79 Å². The van der Waals surface area contributed by atoms with E-state index in [0.29, 0.717) is 6.54 Å².